The molecule has 4 heteroatoms. The summed E-state index contributed by atoms with van der Waals surface area (Å²) in [6.07, 6.45) is 7.22. The van der Waals surface area contributed by atoms with E-state index < -0.39 is 10.1 Å². The molecule has 0 fully saturated rings. The second-order valence-corrected chi connectivity index (χ2v) is 8.45. The summed E-state index contributed by atoms with van der Waals surface area (Å²) < 4.78 is 29.5. The minimum absolute atomic E-state index is 0.239. The van der Waals surface area contributed by atoms with Gasteiger partial charge in [-0.1, -0.05) is 70.6 Å². The van der Waals surface area contributed by atoms with Crippen LogP contribution in [-0.2, 0) is 14.3 Å². The third kappa shape index (κ3) is 7.98. The lowest BCUT2D eigenvalue weighted by molar-refractivity contribution is 0.251. The summed E-state index contributed by atoms with van der Waals surface area (Å²) >= 11 is 0. The van der Waals surface area contributed by atoms with E-state index in [1.807, 2.05) is 6.92 Å². The minimum Gasteiger partial charge on any atom is -0.266 e. The highest BCUT2D eigenvalue weighted by molar-refractivity contribution is 7.86. The number of benzene rings is 1. The van der Waals surface area contributed by atoms with E-state index in [0.29, 0.717) is 0 Å². The first-order chi connectivity index (χ1) is 10.8. The molecule has 0 N–H and O–H groups in total. The predicted octanol–water partition coefficient (Wildman–Crippen LogP) is 5.33. The van der Waals surface area contributed by atoms with Crippen molar-refractivity contribution in [3.63, 3.8) is 0 Å². The minimum atomic E-state index is -3.63. The van der Waals surface area contributed by atoms with E-state index in [4.69, 9.17) is 4.18 Å². The zero-order valence-corrected chi connectivity index (χ0v) is 15.9. The van der Waals surface area contributed by atoms with Crippen LogP contribution in [0.4, 0.5) is 0 Å². The Balaban J connectivity index is 2.32. The average molecular weight is 341 g/mol. The molecule has 0 aliphatic heterocycles. The number of hydrogen-bond acceptors (Lipinski definition) is 3. The number of unbranched alkanes of at least 4 members (excludes halogenated alkanes) is 1. The molecule has 0 spiro atoms. The van der Waals surface area contributed by atoms with E-state index >= 15 is 0 Å². The van der Waals surface area contributed by atoms with E-state index in [1.165, 1.54) is 25.7 Å². The van der Waals surface area contributed by atoms with Crippen molar-refractivity contribution in [1.82, 2.24) is 0 Å². The summed E-state index contributed by atoms with van der Waals surface area (Å²) in [4.78, 5) is 0.239. The van der Waals surface area contributed by atoms with Gasteiger partial charge >= 0.3 is 0 Å². The van der Waals surface area contributed by atoms with Crippen LogP contribution in [0.15, 0.2) is 29.2 Å². The lowest BCUT2D eigenvalue weighted by atomic mass is 9.95. The van der Waals surface area contributed by atoms with Gasteiger partial charge in [0.1, 0.15) is 0 Å². The van der Waals surface area contributed by atoms with Crippen LogP contribution in [0.2, 0.25) is 0 Å². The Hall–Kier alpha value is -0.870. The molecule has 0 saturated heterocycles. The Bertz CT molecular complexity index is 534. The van der Waals surface area contributed by atoms with Crippen molar-refractivity contribution < 1.29 is 12.6 Å². The van der Waals surface area contributed by atoms with Gasteiger partial charge in [0.2, 0.25) is 0 Å². The molecule has 0 amide bonds. The van der Waals surface area contributed by atoms with Gasteiger partial charge in [-0.3, -0.25) is 4.18 Å². The topological polar surface area (TPSA) is 43.4 Å². The van der Waals surface area contributed by atoms with Crippen molar-refractivity contribution in [2.45, 2.75) is 71.1 Å². The van der Waals surface area contributed by atoms with Crippen molar-refractivity contribution in [3.8, 4) is 0 Å². The van der Waals surface area contributed by atoms with Crippen LogP contribution in [0.3, 0.4) is 0 Å². The van der Waals surface area contributed by atoms with Gasteiger partial charge in [-0.25, -0.2) is 0 Å². The fourth-order valence-electron chi connectivity index (χ4n) is 2.57. The summed E-state index contributed by atoms with van der Waals surface area (Å²) in [5, 5.41) is 0. The zero-order valence-electron chi connectivity index (χ0n) is 15.0. The molecule has 23 heavy (non-hydrogen) atoms. The van der Waals surface area contributed by atoms with Gasteiger partial charge in [0, 0.05) is 0 Å². The monoisotopic (exact) mass is 340 g/mol. The zero-order chi connectivity index (χ0) is 17.3. The Morgan fingerprint density at radius 3 is 2.13 bits per heavy atom. The van der Waals surface area contributed by atoms with Crippen LogP contribution in [0.1, 0.15) is 64.9 Å². The summed E-state index contributed by atoms with van der Waals surface area (Å²) in [7, 11) is -3.63. The largest absolute Gasteiger partial charge is 0.296 e. The third-order valence-corrected chi connectivity index (χ3v) is 5.56. The van der Waals surface area contributed by atoms with Crippen LogP contribution in [-0.4, -0.2) is 15.0 Å². The Labute approximate surface area is 142 Å². The highest BCUT2D eigenvalue weighted by Gasteiger charge is 2.16. The van der Waals surface area contributed by atoms with Crippen molar-refractivity contribution >= 4 is 10.1 Å². The SMILES string of the molecule is CCCC[C@H](C)CCC[C@@H](C)COS(=O)(=O)c1ccc(C)cc1. The summed E-state index contributed by atoms with van der Waals surface area (Å²) in [6.45, 7) is 8.78. The molecular weight excluding hydrogens is 308 g/mol. The van der Waals surface area contributed by atoms with Crippen LogP contribution >= 0.6 is 0 Å². The van der Waals surface area contributed by atoms with Crippen LogP contribution in [0, 0.1) is 18.8 Å². The van der Waals surface area contributed by atoms with Gasteiger partial charge < -0.3 is 0 Å². The first-order valence-corrected chi connectivity index (χ1v) is 10.2. The summed E-state index contributed by atoms with van der Waals surface area (Å²) in [6, 6.07) is 6.78. The quantitative estimate of drug-likeness (QED) is 0.511. The molecule has 3 nitrogen and oxygen atoms in total. The van der Waals surface area contributed by atoms with Crippen LogP contribution in [0.5, 0.6) is 0 Å². The summed E-state index contributed by atoms with van der Waals surface area (Å²) in [5.74, 6) is 1.02. The smallest absolute Gasteiger partial charge is 0.266 e. The molecule has 0 saturated carbocycles. The van der Waals surface area contributed by atoms with Gasteiger partial charge in [0.05, 0.1) is 11.5 Å². The number of hydrogen-bond donors (Lipinski definition) is 0. The molecule has 0 aromatic heterocycles. The van der Waals surface area contributed by atoms with Crippen LogP contribution < -0.4 is 0 Å². The van der Waals surface area contributed by atoms with Crippen molar-refractivity contribution in [1.29, 1.82) is 0 Å². The highest BCUT2D eigenvalue weighted by Crippen LogP contribution is 2.19. The lowest BCUT2D eigenvalue weighted by Crippen LogP contribution is -2.13. The van der Waals surface area contributed by atoms with Gasteiger partial charge in [-0.15, -0.1) is 0 Å². The summed E-state index contributed by atoms with van der Waals surface area (Å²) in [5.41, 5.74) is 1.04. The molecule has 0 heterocycles. The second-order valence-electron chi connectivity index (χ2n) is 6.84. The molecule has 0 aliphatic rings. The number of aryl methyl sites for hydroxylation is 1. The molecule has 0 aliphatic carbocycles. The fraction of sp³-hybridized carbons (Fsp3) is 0.684. The van der Waals surface area contributed by atoms with E-state index in [-0.39, 0.29) is 17.4 Å². The first-order valence-electron chi connectivity index (χ1n) is 8.81. The Morgan fingerprint density at radius 1 is 0.957 bits per heavy atom. The van der Waals surface area contributed by atoms with Crippen LogP contribution in [0.25, 0.3) is 0 Å². The Kier molecular flexibility index (Phi) is 8.85. The highest BCUT2D eigenvalue weighted by atomic mass is 32.2. The van der Waals surface area contributed by atoms with Gasteiger partial charge in [0.15, 0.2) is 0 Å². The van der Waals surface area contributed by atoms with Gasteiger partial charge in [-0.2, -0.15) is 8.42 Å². The molecular formula is C19H32O3S. The molecule has 132 valence electrons. The maximum absolute atomic E-state index is 12.1. The third-order valence-electron chi connectivity index (χ3n) is 4.26. The first kappa shape index (κ1) is 20.2. The van der Waals surface area contributed by atoms with Crippen molar-refractivity contribution in [2.75, 3.05) is 6.61 Å². The molecule has 1 aromatic carbocycles. The normalized spacial score (nSPS) is 14.6. The van der Waals surface area contributed by atoms with Gasteiger partial charge in [0.25, 0.3) is 10.1 Å². The standard InChI is InChI=1S/C19H32O3S/c1-5-6-8-16(2)9-7-10-18(4)15-22-23(20,21)19-13-11-17(3)12-14-19/h11-14,16,18H,5-10,15H2,1-4H3/t16-,18+/m0/s1. The number of rotatable bonds is 11. The molecule has 0 unspecified atom stereocenters. The lowest BCUT2D eigenvalue weighted by Gasteiger charge is -2.14. The van der Waals surface area contributed by atoms with E-state index in [2.05, 4.69) is 20.8 Å². The second kappa shape index (κ2) is 10.1. The van der Waals surface area contributed by atoms with Crippen molar-refractivity contribution in [2.24, 2.45) is 11.8 Å². The Morgan fingerprint density at radius 2 is 1.52 bits per heavy atom. The van der Waals surface area contributed by atoms with E-state index in [1.54, 1.807) is 24.3 Å². The maximum atomic E-state index is 12.1. The fourth-order valence-corrected chi connectivity index (χ4v) is 3.59. The van der Waals surface area contributed by atoms with E-state index in [9.17, 15) is 8.42 Å². The average Bonchev–Trinajstić information content (AvgIpc) is 2.51. The van der Waals surface area contributed by atoms with E-state index in [0.717, 1.165) is 24.3 Å². The molecule has 1 rings (SSSR count). The molecule has 0 bridgehead atoms. The maximum Gasteiger partial charge on any atom is 0.296 e. The molecule has 1 aromatic rings. The van der Waals surface area contributed by atoms with Gasteiger partial charge in [-0.05, 0) is 37.3 Å². The molecule has 2 atom stereocenters. The molecule has 0 radical (unpaired) electrons. The predicted molar refractivity (Wildman–Crippen MR) is 96.0 cm³/mol. The van der Waals surface area contributed by atoms with Crippen molar-refractivity contribution in [3.05, 3.63) is 29.8 Å².